The van der Waals surface area contributed by atoms with Gasteiger partial charge in [-0.15, -0.1) is 0 Å². The van der Waals surface area contributed by atoms with Gasteiger partial charge in [0.25, 0.3) is 0 Å². The first kappa shape index (κ1) is 18.2. The normalized spacial score (nSPS) is 15.4. The Morgan fingerprint density at radius 2 is 2.12 bits per heavy atom. The van der Waals surface area contributed by atoms with Crippen molar-refractivity contribution >= 4 is 6.41 Å². The lowest BCUT2D eigenvalue weighted by Gasteiger charge is -2.31. The molecule has 1 amide bonds. The maximum atomic E-state index is 13.1. The molecule has 0 aliphatic carbocycles. The minimum Gasteiger partial charge on any atom is -0.367 e. The topological polar surface area (TPSA) is 48.1 Å². The number of likely N-dealkylation sites (tertiary alicyclic amines) is 1. The molecule has 3 rings (SSSR count). The van der Waals surface area contributed by atoms with E-state index in [1.165, 1.54) is 11.6 Å². The highest BCUT2D eigenvalue weighted by atomic mass is 19.1. The number of H-pyrrole nitrogens is 1. The van der Waals surface area contributed by atoms with Crippen LogP contribution in [0.5, 0.6) is 0 Å². The lowest BCUT2D eigenvalue weighted by molar-refractivity contribution is -0.109. The number of rotatable bonds is 5. The van der Waals surface area contributed by atoms with Gasteiger partial charge in [0.15, 0.2) is 0 Å². The third-order valence-electron chi connectivity index (χ3n) is 4.25. The number of hydrogen-bond acceptors (Lipinski definition) is 2. The summed E-state index contributed by atoms with van der Waals surface area (Å²) in [6.07, 6.45) is 6.82. The molecule has 1 aromatic heterocycles. The lowest BCUT2D eigenvalue weighted by Crippen LogP contribution is -2.36. The molecule has 0 spiro atoms. The molecule has 4 nitrogen and oxygen atoms in total. The van der Waals surface area contributed by atoms with Crippen LogP contribution >= 0.6 is 0 Å². The van der Waals surface area contributed by atoms with Gasteiger partial charge in [-0.1, -0.05) is 12.1 Å². The lowest BCUT2D eigenvalue weighted by atomic mass is 9.96. The fraction of sp³-hybridized carbons (Fsp3) is 0.421. The Bertz CT molecular complexity index is 592. The molecule has 130 valence electrons. The van der Waals surface area contributed by atoms with Crippen LogP contribution in [-0.2, 0) is 11.3 Å². The van der Waals surface area contributed by atoms with Gasteiger partial charge in [0.05, 0.1) is 0 Å². The zero-order valence-electron chi connectivity index (χ0n) is 14.2. The highest BCUT2D eigenvalue weighted by molar-refractivity contribution is 5.45. The number of nitrogens with zero attached hydrogens (tertiary/aromatic N) is 1. The number of benzene rings is 1. The van der Waals surface area contributed by atoms with Crippen molar-refractivity contribution in [1.82, 2.24) is 15.2 Å². The fourth-order valence-electron chi connectivity index (χ4n) is 2.86. The summed E-state index contributed by atoms with van der Waals surface area (Å²) in [6, 6.07) is 8.81. The second-order valence-corrected chi connectivity index (χ2v) is 6.26. The number of carbonyl (C=O) groups excluding carboxylic acids is 1. The number of hydrogen-bond donors (Lipinski definition) is 2. The van der Waals surface area contributed by atoms with Gasteiger partial charge in [0.1, 0.15) is 5.82 Å². The van der Waals surface area contributed by atoms with E-state index >= 15 is 0 Å². The number of nitrogens with one attached hydrogen (secondary N) is 2. The number of amides is 1. The Morgan fingerprint density at radius 3 is 2.67 bits per heavy atom. The van der Waals surface area contributed by atoms with Gasteiger partial charge in [-0.2, -0.15) is 0 Å². The van der Waals surface area contributed by atoms with E-state index in [-0.39, 0.29) is 5.82 Å². The number of aromatic amines is 1. The van der Waals surface area contributed by atoms with Crippen LogP contribution in [0.2, 0.25) is 0 Å². The summed E-state index contributed by atoms with van der Waals surface area (Å²) in [5.74, 6) is 0.413. The zero-order valence-corrected chi connectivity index (χ0v) is 14.2. The Hall–Kier alpha value is -2.14. The number of halogens is 1. The maximum absolute atomic E-state index is 13.1. The smallest absolute Gasteiger partial charge is 0.207 e. The van der Waals surface area contributed by atoms with Gasteiger partial charge >= 0.3 is 0 Å². The van der Waals surface area contributed by atoms with Crippen molar-refractivity contribution in [1.29, 1.82) is 0 Å². The molecule has 1 fully saturated rings. The van der Waals surface area contributed by atoms with Crippen molar-refractivity contribution in [2.45, 2.75) is 26.3 Å². The Kier molecular flexibility index (Phi) is 7.49. The molecule has 2 aromatic rings. The molecule has 0 radical (unpaired) electrons. The Balaban J connectivity index is 0.000000292. The van der Waals surface area contributed by atoms with E-state index in [0.29, 0.717) is 5.92 Å². The van der Waals surface area contributed by atoms with Gasteiger partial charge < -0.3 is 10.3 Å². The second kappa shape index (κ2) is 9.88. The van der Waals surface area contributed by atoms with Gasteiger partial charge in [-0.25, -0.2) is 4.39 Å². The van der Waals surface area contributed by atoms with Crippen molar-refractivity contribution in [2.24, 2.45) is 5.92 Å². The minimum absolute atomic E-state index is 0.169. The third-order valence-corrected chi connectivity index (χ3v) is 4.25. The summed E-state index contributed by atoms with van der Waals surface area (Å²) in [5.41, 5.74) is 2.31. The van der Waals surface area contributed by atoms with Gasteiger partial charge in [0, 0.05) is 25.5 Å². The predicted octanol–water partition coefficient (Wildman–Crippen LogP) is 3.11. The van der Waals surface area contributed by atoms with Crippen LogP contribution in [0.3, 0.4) is 0 Å². The molecule has 1 aliphatic rings. The molecule has 0 atom stereocenters. The van der Waals surface area contributed by atoms with Gasteiger partial charge in [-0.3, -0.25) is 9.69 Å². The number of aryl methyl sites for hydroxylation is 1. The molecule has 0 bridgehead atoms. The van der Waals surface area contributed by atoms with Crippen LogP contribution in [0.4, 0.5) is 4.39 Å². The molecular weight excluding hydrogens is 305 g/mol. The van der Waals surface area contributed by atoms with E-state index in [1.54, 1.807) is 12.1 Å². The van der Waals surface area contributed by atoms with E-state index in [9.17, 15) is 9.18 Å². The number of carbonyl (C=O) groups is 1. The Labute approximate surface area is 143 Å². The molecule has 2 N–H and O–H groups in total. The van der Waals surface area contributed by atoms with Crippen molar-refractivity contribution < 1.29 is 9.18 Å². The van der Waals surface area contributed by atoms with E-state index in [4.69, 9.17) is 0 Å². The first-order valence-corrected chi connectivity index (χ1v) is 8.40. The third kappa shape index (κ3) is 6.54. The van der Waals surface area contributed by atoms with Crippen molar-refractivity contribution in [2.75, 3.05) is 19.6 Å². The predicted molar refractivity (Wildman–Crippen MR) is 94.0 cm³/mol. The van der Waals surface area contributed by atoms with Crippen LogP contribution in [0, 0.1) is 18.7 Å². The van der Waals surface area contributed by atoms with Crippen LogP contribution in [0.15, 0.2) is 42.7 Å². The van der Waals surface area contributed by atoms with Gasteiger partial charge in [0.2, 0.25) is 6.41 Å². The second-order valence-electron chi connectivity index (χ2n) is 6.26. The van der Waals surface area contributed by atoms with E-state index in [2.05, 4.69) is 22.1 Å². The number of aromatic nitrogens is 1. The monoisotopic (exact) mass is 331 g/mol. The fourth-order valence-corrected chi connectivity index (χ4v) is 2.86. The van der Waals surface area contributed by atoms with E-state index < -0.39 is 0 Å². The Morgan fingerprint density at radius 1 is 1.33 bits per heavy atom. The first-order valence-electron chi connectivity index (χ1n) is 8.40. The van der Waals surface area contributed by atoms with Gasteiger partial charge in [-0.05, 0) is 68.1 Å². The quantitative estimate of drug-likeness (QED) is 0.827. The molecule has 5 heteroatoms. The summed E-state index contributed by atoms with van der Waals surface area (Å²) < 4.78 is 13.1. The summed E-state index contributed by atoms with van der Waals surface area (Å²) in [7, 11) is 0. The zero-order chi connectivity index (χ0) is 17.2. The van der Waals surface area contributed by atoms with Crippen LogP contribution in [0.25, 0.3) is 0 Å². The van der Waals surface area contributed by atoms with E-state index in [1.807, 2.05) is 24.5 Å². The molecule has 2 heterocycles. The maximum Gasteiger partial charge on any atom is 0.207 e. The average Bonchev–Trinajstić information content (AvgIpc) is 3.06. The van der Waals surface area contributed by atoms with Crippen molar-refractivity contribution in [3.63, 3.8) is 0 Å². The largest absolute Gasteiger partial charge is 0.367 e. The molecular formula is C19H26FN3O. The summed E-state index contributed by atoms with van der Waals surface area (Å²) in [5, 5.41) is 2.74. The minimum atomic E-state index is -0.169. The number of piperidine rings is 1. The highest BCUT2D eigenvalue weighted by Gasteiger charge is 2.18. The van der Waals surface area contributed by atoms with Crippen molar-refractivity contribution in [3.05, 3.63) is 59.7 Å². The molecule has 0 saturated carbocycles. The average molecular weight is 331 g/mol. The van der Waals surface area contributed by atoms with Crippen LogP contribution in [0.1, 0.15) is 24.0 Å². The standard InChI is InChI=1S/C14H19FN2O.C5H7N/c15-14-3-1-2-13(8-14)10-17-6-4-12(5-7-17)9-16-11-18;1-5-2-3-6-4-5/h1-3,8,11-12H,4-7,9-10H2,(H,16,18);2-4,6H,1H3. The van der Waals surface area contributed by atoms with Crippen LogP contribution < -0.4 is 5.32 Å². The van der Waals surface area contributed by atoms with Crippen LogP contribution in [-0.4, -0.2) is 35.9 Å². The molecule has 1 aliphatic heterocycles. The molecule has 24 heavy (non-hydrogen) atoms. The summed E-state index contributed by atoms with van der Waals surface area (Å²) in [6.45, 7) is 5.67. The summed E-state index contributed by atoms with van der Waals surface area (Å²) >= 11 is 0. The molecule has 1 saturated heterocycles. The van der Waals surface area contributed by atoms with E-state index in [0.717, 1.165) is 51.0 Å². The summed E-state index contributed by atoms with van der Waals surface area (Å²) in [4.78, 5) is 15.5. The highest BCUT2D eigenvalue weighted by Crippen LogP contribution is 2.18. The van der Waals surface area contributed by atoms with Crippen molar-refractivity contribution in [3.8, 4) is 0 Å². The SMILES string of the molecule is Cc1cc[nH]c1.O=CNCC1CCN(Cc2cccc(F)c2)CC1. The molecule has 0 unspecified atom stereocenters. The first-order chi connectivity index (χ1) is 11.7. The molecule has 1 aromatic carbocycles.